The van der Waals surface area contributed by atoms with Gasteiger partial charge in [-0.25, -0.2) is 0 Å². The molecule has 23 heavy (non-hydrogen) atoms. The maximum atomic E-state index is 12.5. The standard InChI is InChI=1S/C17H20N2O4/c20-10-14-2-1-7-19(14)17(23)12-5-3-11(4-6-12)8-13-9-15(21)18-16(13)22/h3-6,13-14,20H,1-2,7-10H2,(H,18,21,22)/t13?,14-/m1/s1. The van der Waals surface area contributed by atoms with Gasteiger partial charge in [-0.05, 0) is 37.0 Å². The van der Waals surface area contributed by atoms with Gasteiger partial charge in [-0.3, -0.25) is 19.7 Å². The number of benzene rings is 1. The van der Waals surface area contributed by atoms with Crippen LogP contribution >= 0.6 is 0 Å². The molecule has 2 atom stereocenters. The van der Waals surface area contributed by atoms with Crippen LogP contribution in [0.3, 0.4) is 0 Å². The van der Waals surface area contributed by atoms with Crippen LogP contribution in [-0.2, 0) is 16.0 Å². The summed E-state index contributed by atoms with van der Waals surface area (Å²) < 4.78 is 0. The van der Waals surface area contributed by atoms with E-state index in [9.17, 15) is 19.5 Å². The van der Waals surface area contributed by atoms with E-state index in [1.54, 1.807) is 17.0 Å². The molecule has 0 spiro atoms. The normalized spacial score (nSPS) is 24.1. The predicted octanol–water partition coefficient (Wildman–Crippen LogP) is 0.489. The highest BCUT2D eigenvalue weighted by Crippen LogP contribution is 2.21. The number of imide groups is 1. The molecular formula is C17H20N2O4. The Labute approximate surface area is 134 Å². The largest absolute Gasteiger partial charge is 0.394 e. The van der Waals surface area contributed by atoms with E-state index < -0.39 is 0 Å². The number of rotatable bonds is 4. The van der Waals surface area contributed by atoms with Crippen molar-refractivity contribution in [1.29, 1.82) is 0 Å². The SMILES string of the molecule is O=C1CC(Cc2ccc(C(=O)N3CCC[C@@H]3CO)cc2)C(=O)N1. The van der Waals surface area contributed by atoms with Crippen molar-refractivity contribution < 1.29 is 19.5 Å². The summed E-state index contributed by atoms with van der Waals surface area (Å²) in [6, 6.07) is 7.06. The van der Waals surface area contributed by atoms with Gasteiger partial charge in [0.2, 0.25) is 11.8 Å². The Morgan fingerprint density at radius 1 is 1.26 bits per heavy atom. The zero-order valence-electron chi connectivity index (χ0n) is 12.8. The monoisotopic (exact) mass is 316 g/mol. The van der Waals surface area contributed by atoms with E-state index in [2.05, 4.69) is 5.32 Å². The van der Waals surface area contributed by atoms with Crippen LogP contribution in [-0.4, -0.2) is 46.9 Å². The lowest BCUT2D eigenvalue weighted by Crippen LogP contribution is -2.37. The van der Waals surface area contributed by atoms with Gasteiger partial charge in [0.1, 0.15) is 0 Å². The molecule has 2 N–H and O–H groups in total. The third-order valence-electron chi connectivity index (χ3n) is 4.60. The van der Waals surface area contributed by atoms with E-state index in [0.717, 1.165) is 18.4 Å². The molecule has 0 saturated carbocycles. The van der Waals surface area contributed by atoms with E-state index in [0.29, 0.717) is 18.5 Å². The van der Waals surface area contributed by atoms with Crippen molar-refractivity contribution in [2.45, 2.75) is 31.7 Å². The Morgan fingerprint density at radius 3 is 2.61 bits per heavy atom. The highest BCUT2D eigenvalue weighted by molar-refractivity contribution is 6.03. The van der Waals surface area contributed by atoms with Gasteiger partial charge in [-0.15, -0.1) is 0 Å². The van der Waals surface area contributed by atoms with Crippen LogP contribution in [0.5, 0.6) is 0 Å². The minimum Gasteiger partial charge on any atom is -0.394 e. The highest BCUT2D eigenvalue weighted by Gasteiger charge is 2.31. The second kappa shape index (κ2) is 6.50. The summed E-state index contributed by atoms with van der Waals surface area (Å²) in [4.78, 5) is 37.0. The number of amides is 3. The van der Waals surface area contributed by atoms with Gasteiger partial charge in [-0.2, -0.15) is 0 Å². The molecule has 6 heteroatoms. The van der Waals surface area contributed by atoms with E-state index in [1.807, 2.05) is 12.1 Å². The zero-order valence-corrected chi connectivity index (χ0v) is 12.8. The fraction of sp³-hybridized carbons (Fsp3) is 0.471. The first-order valence-corrected chi connectivity index (χ1v) is 7.93. The maximum absolute atomic E-state index is 12.5. The maximum Gasteiger partial charge on any atom is 0.254 e. The second-order valence-electron chi connectivity index (χ2n) is 6.19. The number of carbonyl (C=O) groups is 3. The molecule has 2 fully saturated rings. The predicted molar refractivity (Wildman–Crippen MR) is 82.5 cm³/mol. The fourth-order valence-corrected chi connectivity index (χ4v) is 3.30. The lowest BCUT2D eigenvalue weighted by Gasteiger charge is -2.23. The molecule has 1 aromatic carbocycles. The first-order chi connectivity index (χ1) is 11.1. The summed E-state index contributed by atoms with van der Waals surface area (Å²) in [6.07, 6.45) is 2.48. The van der Waals surface area contributed by atoms with E-state index in [1.165, 1.54) is 0 Å². The van der Waals surface area contributed by atoms with Crippen LogP contribution < -0.4 is 5.32 Å². The molecule has 0 bridgehead atoms. The molecule has 122 valence electrons. The summed E-state index contributed by atoms with van der Waals surface area (Å²) >= 11 is 0. The molecule has 1 aromatic rings. The summed E-state index contributed by atoms with van der Waals surface area (Å²) in [5.41, 5.74) is 1.51. The molecule has 2 saturated heterocycles. The molecule has 0 aliphatic carbocycles. The number of aliphatic hydroxyl groups excluding tert-OH is 1. The average Bonchev–Trinajstić information content (AvgIpc) is 3.14. The Hall–Kier alpha value is -2.21. The third-order valence-corrected chi connectivity index (χ3v) is 4.60. The van der Waals surface area contributed by atoms with Crippen LogP contribution in [0.25, 0.3) is 0 Å². The Bertz CT molecular complexity index is 626. The number of carbonyl (C=O) groups excluding carboxylic acids is 3. The summed E-state index contributed by atoms with van der Waals surface area (Å²) in [5.74, 6) is -0.836. The topological polar surface area (TPSA) is 86.7 Å². The van der Waals surface area contributed by atoms with Crippen molar-refractivity contribution in [1.82, 2.24) is 10.2 Å². The summed E-state index contributed by atoms with van der Waals surface area (Å²) in [7, 11) is 0. The molecule has 3 amide bonds. The number of hydrogen-bond acceptors (Lipinski definition) is 4. The average molecular weight is 316 g/mol. The lowest BCUT2D eigenvalue weighted by molar-refractivity contribution is -0.125. The molecule has 1 unspecified atom stereocenters. The highest BCUT2D eigenvalue weighted by atomic mass is 16.3. The zero-order chi connectivity index (χ0) is 16.4. The van der Waals surface area contributed by atoms with Crippen molar-refractivity contribution in [3.63, 3.8) is 0 Å². The van der Waals surface area contributed by atoms with Gasteiger partial charge in [0.25, 0.3) is 5.91 Å². The second-order valence-corrected chi connectivity index (χ2v) is 6.19. The third kappa shape index (κ3) is 3.27. The summed E-state index contributed by atoms with van der Waals surface area (Å²) in [6.45, 7) is 0.671. The quantitative estimate of drug-likeness (QED) is 0.792. The van der Waals surface area contributed by atoms with Gasteiger partial charge in [0.15, 0.2) is 0 Å². The Morgan fingerprint density at radius 2 is 2.00 bits per heavy atom. The molecule has 2 heterocycles. The van der Waals surface area contributed by atoms with Crippen molar-refractivity contribution in [3.05, 3.63) is 35.4 Å². The molecule has 2 aliphatic heterocycles. The van der Waals surface area contributed by atoms with Gasteiger partial charge in [-0.1, -0.05) is 12.1 Å². The fourth-order valence-electron chi connectivity index (χ4n) is 3.30. The molecule has 3 rings (SSSR count). The summed E-state index contributed by atoms with van der Waals surface area (Å²) in [5, 5.41) is 11.6. The number of hydrogen-bond donors (Lipinski definition) is 2. The molecule has 0 radical (unpaired) electrons. The number of likely N-dealkylation sites (tertiary alicyclic amines) is 1. The van der Waals surface area contributed by atoms with Gasteiger partial charge >= 0.3 is 0 Å². The number of nitrogens with one attached hydrogen (secondary N) is 1. The van der Waals surface area contributed by atoms with Crippen LogP contribution in [0.1, 0.15) is 35.2 Å². The lowest BCUT2D eigenvalue weighted by atomic mass is 9.97. The van der Waals surface area contributed by atoms with Gasteiger partial charge < -0.3 is 10.0 Å². The van der Waals surface area contributed by atoms with Crippen molar-refractivity contribution in [2.75, 3.05) is 13.2 Å². The molecule has 0 aromatic heterocycles. The Kier molecular flexibility index (Phi) is 4.43. The van der Waals surface area contributed by atoms with E-state index in [4.69, 9.17) is 0 Å². The molecule has 6 nitrogen and oxygen atoms in total. The van der Waals surface area contributed by atoms with Crippen LogP contribution in [0, 0.1) is 5.92 Å². The number of nitrogens with zero attached hydrogens (tertiary/aromatic N) is 1. The first kappa shape index (κ1) is 15.7. The molecular weight excluding hydrogens is 296 g/mol. The van der Waals surface area contributed by atoms with Crippen molar-refractivity contribution >= 4 is 17.7 Å². The van der Waals surface area contributed by atoms with Crippen molar-refractivity contribution in [2.24, 2.45) is 5.92 Å². The van der Waals surface area contributed by atoms with Crippen LogP contribution in [0.2, 0.25) is 0 Å². The van der Waals surface area contributed by atoms with Crippen LogP contribution in [0.15, 0.2) is 24.3 Å². The van der Waals surface area contributed by atoms with E-state index in [-0.39, 0.29) is 42.7 Å². The van der Waals surface area contributed by atoms with Crippen LogP contribution in [0.4, 0.5) is 0 Å². The smallest absolute Gasteiger partial charge is 0.254 e. The first-order valence-electron chi connectivity index (χ1n) is 7.93. The minimum absolute atomic E-state index is 0.00531. The van der Waals surface area contributed by atoms with Crippen molar-refractivity contribution in [3.8, 4) is 0 Å². The minimum atomic E-state index is -0.318. The van der Waals surface area contributed by atoms with Gasteiger partial charge in [0, 0.05) is 18.5 Å². The van der Waals surface area contributed by atoms with E-state index >= 15 is 0 Å². The Balaban J connectivity index is 1.66. The van der Waals surface area contributed by atoms with Gasteiger partial charge in [0.05, 0.1) is 18.6 Å². The number of aliphatic hydroxyl groups is 1. The molecule has 2 aliphatic rings.